The topological polar surface area (TPSA) is 759 Å². The zero-order valence-electron chi connectivity index (χ0n) is 72.1. The monoisotopic (exact) mass is 2310 g/mol. The van der Waals surface area contributed by atoms with Crippen LogP contribution in [0.15, 0.2) is 0 Å². The van der Waals surface area contributed by atoms with Gasteiger partial charge in [0.2, 0.25) is 0 Å². The molecule has 0 atom stereocenters. The third kappa shape index (κ3) is 165. The zero-order valence-corrected chi connectivity index (χ0v) is 88.1. The molecule has 2 aliphatic rings. The molecule has 0 bridgehead atoms. The molecule has 0 radical (unpaired) electrons. The SMILES string of the molecule is C1CCOC1.C1CCOC1.CCCC[N+](CCCC)(CCCC)CCCC.CCCC[N+](CCCC)(CCCC)CCCC.CCCC[N+](CCCC)(CCCC)CCCC.CCCC[N+](CCCC)(CCCC)CCCC.[Mo].[Mo].[Mo].[Mo].[Mo].[Mo].[Mo].[Mo].[O-2].[O-2].[O-2].[O-2].[O-2].[O-2].[O-2].[O-2].[O-2].[O-2].[O-2].[O-2].[O-2].[O-2].[O-2].[O-2].[O-2].[O-2].[O-2].[O-2].[O-2].[O-2].[O-2].[O-2].[O-2].[O-2]. The summed E-state index contributed by atoms with van der Waals surface area (Å²) < 4.78 is 15.6. The van der Waals surface area contributed by atoms with Gasteiger partial charge in [0.15, 0.2) is 0 Å². The van der Waals surface area contributed by atoms with Gasteiger partial charge in [0.05, 0.1) is 105 Å². The fourth-order valence-corrected chi connectivity index (χ4v) is 11.6. The number of quaternary nitrogens is 4. The Morgan fingerprint density at radius 3 is 0.232 bits per heavy atom. The van der Waals surface area contributed by atoms with Gasteiger partial charge in [-0.2, -0.15) is 0 Å². The van der Waals surface area contributed by atoms with Crippen molar-refractivity contribution in [2.24, 2.45) is 0 Å². The van der Waals surface area contributed by atoms with E-state index in [1.807, 2.05) is 0 Å². The summed E-state index contributed by atoms with van der Waals surface area (Å²) in [5, 5.41) is 0. The van der Waals surface area contributed by atoms with E-state index in [4.69, 9.17) is 9.47 Å². The molecule has 40 heteroatoms. The van der Waals surface area contributed by atoms with Crippen LogP contribution in [0, 0.1) is 0 Å². The maximum atomic E-state index is 4.94. The second kappa shape index (κ2) is 202. The van der Waals surface area contributed by atoms with Crippen LogP contribution in [-0.4, -0.2) is 149 Å². The van der Waals surface area contributed by atoms with E-state index in [1.165, 1.54) is 354 Å². The van der Waals surface area contributed by atoms with Gasteiger partial charge in [-0.05, 0) is 128 Å². The predicted molar refractivity (Wildman–Crippen MR) is 375 cm³/mol. The van der Waals surface area contributed by atoms with E-state index in [0.29, 0.717) is 0 Å². The van der Waals surface area contributed by atoms with Crippen LogP contribution in [-0.2, 0) is 320 Å². The summed E-state index contributed by atoms with van der Waals surface area (Å²) in [7, 11) is 0. The van der Waals surface area contributed by atoms with Crippen molar-refractivity contribution in [1.82, 2.24) is 0 Å². The number of rotatable bonds is 48. The summed E-state index contributed by atoms with van der Waals surface area (Å²) in [6, 6.07) is 0. The maximum Gasteiger partial charge on any atom is 0.0786 e. The van der Waals surface area contributed by atoms with Crippen LogP contribution in [0.3, 0.4) is 0 Å². The Bertz CT molecular complexity index is 859. The van der Waals surface area contributed by atoms with E-state index in [-0.39, 0.29) is 311 Å². The van der Waals surface area contributed by atoms with Gasteiger partial charge in [-0.1, -0.05) is 214 Å². The van der Waals surface area contributed by atoms with Gasteiger partial charge < -0.3 is 170 Å². The number of nitrogens with zero attached hydrogens (tertiary/aromatic N) is 4. The molecule has 2 fully saturated rings. The summed E-state index contributed by atoms with van der Waals surface area (Å²) >= 11 is 0. The maximum absolute atomic E-state index is 4.94. The number of hydrogen-bond donors (Lipinski definition) is 0. The van der Waals surface area contributed by atoms with Crippen molar-refractivity contribution in [2.75, 3.05) is 131 Å². The summed E-state index contributed by atoms with van der Waals surface area (Å²) in [5.74, 6) is 0. The molecule has 0 spiro atoms. The van der Waals surface area contributed by atoms with Crippen LogP contribution in [0.2, 0.25) is 0 Å². The normalized spacial score (nSPS) is 9.43. The molecule has 0 amide bonds. The Kier molecular flexibility index (Phi) is 455. The standard InChI is InChI=1S/4C16H36N.2C4H8O.8Mo.26O/c4*1-5-9-13-17(14-10-6-2,15-11-7-3)16-12-8-4;2*1-2-4-5-3-1;;;;;;;;;;;;;;;;;;;;;;;;;;;;;;;;;;/h4*5-16H2,1-4H3;2*1-4H2;;;;;;;;;;;;;;;;;;;;;;;;;;;;;;;;;;/q4*+1;;;;;;;;;;;26*-2. The average Bonchev–Trinajstić information content (AvgIpc) is 4.28. The summed E-state index contributed by atoms with van der Waals surface area (Å²) in [6.07, 6.45) is 49.4. The van der Waals surface area contributed by atoms with Crippen molar-refractivity contribution in [3.63, 3.8) is 0 Å². The van der Waals surface area contributed by atoms with Gasteiger partial charge in [-0.25, -0.2) is 0 Å². The molecular formula is C72H160Mo8N4O28-48. The molecule has 2 rings (SSSR count). The Morgan fingerprint density at radius 1 is 0.134 bits per heavy atom. The molecule has 2 aliphatic heterocycles. The fraction of sp³-hybridized carbons (Fsp3) is 1.00. The van der Waals surface area contributed by atoms with E-state index in [0.717, 1.165) is 26.4 Å². The Hall–Kier alpha value is 4.23. The first-order valence-corrected chi connectivity index (χ1v) is 36.5. The van der Waals surface area contributed by atoms with Crippen molar-refractivity contribution < 1.29 is 338 Å². The van der Waals surface area contributed by atoms with E-state index in [1.54, 1.807) is 0 Å². The molecule has 732 valence electrons. The van der Waals surface area contributed by atoms with Crippen LogP contribution in [0.4, 0.5) is 0 Å². The largest absolute Gasteiger partial charge is 2.00 e. The number of hydrogen-bond acceptors (Lipinski definition) is 2. The summed E-state index contributed by atoms with van der Waals surface area (Å²) in [4.78, 5) is 0. The first-order valence-electron chi connectivity index (χ1n) is 36.5. The zero-order chi connectivity index (χ0) is 59.0. The smallest absolute Gasteiger partial charge is 0.0786 e. The molecule has 0 aliphatic carbocycles. The van der Waals surface area contributed by atoms with E-state index in [9.17, 15) is 0 Å². The third-order valence-electron chi connectivity index (χ3n) is 17.4. The van der Waals surface area contributed by atoms with E-state index in [2.05, 4.69) is 111 Å². The van der Waals surface area contributed by atoms with Crippen LogP contribution in [0.5, 0.6) is 0 Å². The van der Waals surface area contributed by atoms with Gasteiger partial charge in [0.25, 0.3) is 0 Å². The van der Waals surface area contributed by atoms with Gasteiger partial charge in [-0.15, -0.1) is 0 Å². The molecule has 0 N–H and O–H groups in total. The Labute approximate surface area is 803 Å². The van der Waals surface area contributed by atoms with Gasteiger partial charge in [0, 0.05) is 195 Å². The molecule has 32 nitrogen and oxygen atoms in total. The average molecular weight is 2300 g/mol. The predicted octanol–water partition coefficient (Wildman–Crippen LogP) is 18.5. The summed E-state index contributed by atoms with van der Waals surface area (Å²) in [5.41, 5.74) is 0. The molecule has 0 aromatic rings. The minimum absolute atomic E-state index is 0. The minimum atomic E-state index is 0. The van der Waals surface area contributed by atoms with Crippen LogP contribution < -0.4 is 0 Å². The molecule has 112 heavy (non-hydrogen) atoms. The fourth-order valence-electron chi connectivity index (χ4n) is 11.6. The van der Waals surface area contributed by atoms with Crippen molar-refractivity contribution in [2.45, 2.75) is 342 Å². The molecule has 0 unspecified atom stereocenters. The molecule has 2 saturated heterocycles. The van der Waals surface area contributed by atoms with Crippen molar-refractivity contribution in [3.8, 4) is 0 Å². The Morgan fingerprint density at radius 2 is 0.196 bits per heavy atom. The van der Waals surface area contributed by atoms with E-state index >= 15 is 0 Å². The van der Waals surface area contributed by atoms with Crippen molar-refractivity contribution in [3.05, 3.63) is 0 Å². The first kappa shape index (κ1) is 252. The second-order valence-electron chi connectivity index (χ2n) is 25.2. The molecule has 0 saturated carbocycles. The van der Waals surface area contributed by atoms with E-state index < -0.39 is 0 Å². The Balaban J connectivity index is -0.0000000158. The number of unbranched alkanes of at least 4 members (excludes halogenated alkanes) is 16. The first-order chi connectivity index (χ1) is 38.0. The minimum Gasteiger partial charge on any atom is -2.00 e. The second-order valence-corrected chi connectivity index (χ2v) is 25.2. The van der Waals surface area contributed by atoms with Crippen LogP contribution >= 0.6 is 0 Å². The number of ether oxygens (including phenoxy) is 2. The third-order valence-corrected chi connectivity index (χ3v) is 17.4. The molecule has 2 heterocycles. The van der Waals surface area contributed by atoms with Crippen LogP contribution in [0.25, 0.3) is 0 Å². The summed E-state index contributed by atoms with van der Waals surface area (Å²) in [6.45, 7) is 64.1. The molecule has 0 aromatic heterocycles. The molecular weight excluding hydrogens is 2140 g/mol. The van der Waals surface area contributed by atoms with Crippen molar-refractivity contribution in [1.29, 1.82) is 0 Å². The van der Waals surface area contributed by atoms with Gasteiger partial charge in [0.1, 0.15) is 0 Å². The quantitative estimate of drug-likeness (QED) is 0.0423. The van der Waals surface area contributed by atoms with Crippen molar-refractivity contribution >= 4 is 0 Å². The molecule has 0 aromatic carbocycles. The van der Waals surface area contributed by atoms with Crippen LogP contribution in [0.1, 0.15) is 342 Å². The van der Waals surface area contributed by atoms with Gasteiger partial charge >= 0.3 is 0 Å². The van der Waals surface area contributed by atoms with Gasteiger partial charge in [-0.3, -0.25) is 0 Å².